The molecule has 1 amide bonds. The van der Waals surface area contributed by atoms with Crippen molar-refractivity contribution in [1.82, 2.24) is 10.6 Å². The third kappa shape index (κ3) is 3.96. The summed E-state index contributed by atoms with van der Waals surface area (Å²) < 4.78 is 5.45. The summed E-state index contributed by atoms with van der Waals surface area (Å²) in [6.45, 7) is 4.71. The minimum absolute atomic E-state index is 0.197. The molecule has 0 aliphatic carbocycles. The molecule has 1 atom stereocenters. The molecule has 0 aromatic heterocycles. The van der Waals surface area contributed by atoms with E-state index in [2.05, 4.69) is 21.6 Å². The van der Waals surface area contributed by atoms with Crippen LogP contribution in [0.25, 0.3) is 0 Å². The molecule has 2 aliphatic heterocycles. The Bertz CT molecular complexity index is 529. The van der Waals surface area contributed by atoms with E-state index in [1.165, 1.54) is 0 Å². The maximum Gasteiger partial charge on any atom is 0.223 e. The number of hydrogen-bond donors (Lipinski definition) is 2. The van der Waals surface area contributed by atoms with Crippen molar-refractivity contribution < 1.29 is 9.53 Å². The van der Waals surface area contributed by atoms with Gasteiger partial charge in [-0.1, -0.05) is 12.1 Å². The van der Waals surface area contributed by atoms with Crippen molar-refractivity contribution in [1.29, 1.82) is 0 Å². The van der Waals surface area contributed by atoms with Crippen molar-refractivity contribution in [3.05, 3.63) is 24.3 Å². The van der Waals surface area contributed by atoms with Gasteiger partial charge in [-0.2, -0.15) is 0 Å². The Hall–Kier alpha value is -1.75. The van der Waals surface area contributed by atoms with E-state index in [1.54, 1.807) is 7.11 Å². The van der Waals surface area contributed by atoms with Crippen LogP contribution in [0.1, 0.15) is 19.3 Å². The lowest BCUT2D eigenvalue weighted by Crippen LogP contribution is -2.40. The number of carbonyl (C=O) groups excluding carboxylic acids is 1. The molecule has 1 aromatic carbocycles. The molecule has 0 bridgehead atoms. The number of amides is 1. The summed E-state index contributed by atoms with van der Waals surface area (Å²) in [6.07, 6.45) is 3.04. The second kappa shape index (κ2) is 7.68. The molecule has 5 heteroatoms. The van der Waals surface area contributed by atoms with Gasteiger partial charge in [0.1, 0.15) is 5.75 Å². The minimum Gasteiger partial charge on any atom is -0.495 e. The molecule has 1 aromatic rings. The van der Waals surface area contributed by atoms with Crippen LogP contribution in [-0.2, 0) is 4.79 Å². The maximum atomic E-state index is 12.2. The number of carbonyl (C=O) groups is 1. The van der Waals surface area contributed by atoms with Gasteiger partial charge in [-0.05, 0) is 50.4 Å². The SMILES string of the molecule is COc1ccccc1N1CCC(CNC(=O)C2CCNCC2)C1. The van der Waals surface area contributed by atoms with E-state index in [-0.39, 0.29) is 11.8 Å². The Morgan fingerprint density at radius 3 is 2.87 bits per heavy atom. The van der Waals surface area contributed by atoms with Gasteiger partial charge in [0.05, 0.1) is 12.8 Å². The lowest BCUT2D eigenvalue weighted by atomic mass is 9.97. The van der Waals surface area contributed by atoms with Gasteiger partial charge in [-0.3, -0.25) is 4.79 Å². The Labute approximate surface area is 138 Å². The van der Waals surface area contributed by atoms with Gasteiger partial charge in [0, 0.05) is 25.6 Å². The van der Waals surface area contributed by atoms with Crippen LogP contribution in [0, 0.1) is 11.8 Å². The zero-order valence-electron chi connectivity index (χ0n) is 13.9. The van der Waals surface area contributed by atoms with Crippen LogP contribution in [0.2, 0.25) is 0 Å². The fourth-order valence-electron chi connectivity index (χ4n) is 3.58. The van der Waals surface area contributed by atoms with Gasteiger partial charge in [0.15, 0.2) is 0 Å². The number of rotatable bonds is 5. The fraction of sp³-hybridized carbons (Fsp3) is 0.611. The second-order valence-corrected chi connectivity index (χ2v) is 6.54. The van der Waals surface area contributed by atoms with Crippen molar-refractivity contribution in [3.8, 4) is 5.75 Å². The molecule has 2 saturated heterocycles. The zero-order chi connectivity index (χ0) is 16.1. The zero-order valence-corrected chi connectivity index (χ0v) is 13.9. The van der Waals surface area contributed by atoms with Crippen LogP contribution >= 0.6 is 0 Å². The van der Waals surface area contributed by atoms with Crippen LogP contribution in [0.15, 0.2) is 24.3 Å². The summed E-state index contributed by atoms with van der Waals surface area (Å²) in [4.78, 5) is 14.6. The van der Waals surface area contributed by atoms with Gasteiger partial charge < -0.3 is 20.3 Å². The van der Waals surface area contributed by atoms with Gasteiger partial charge in [-0.15, -0.1) is 0 Å². The predicted molar refractivity (Wildman–Crippen MR) is 91.9 cm³/mol. The second-order valence-electron chi connectivity index (χ2n) is 6.54. The molecular formula is C18H27N3O2. The Morgan fingerprint density at radius 2 is 2.09 bits per heavy atom. The number of anilines is 1. The monoisotopic (exact) mass is 317 g/mol. The third-order valence-corrected chi connectivity index (χ3v) is 4.99. The van der Waals surface area contributed by atoms with E-state index in [0.29, 0.717) is 5.92 Å². The van der Waals surface area contributed by atoms with Crippen LogP contribution < -0.4 is 20.3 Å². The Morgan fingerprint density at radius 1 is 1.30 bits per heavy atom. The van der Waals surface area contributed by atoms with E-state index < -0.39 is 0 Å². The highest BCUT2D eigenvalue weighted by Crippen LogP contribution is 2.31. The average Bonchev–Trinajstić information content (AvgIpc) is 3.09. The molecule has 0 radical (unpaired) electrons. The first kappa shape index (κ1) is 16.1. The molecule has 3 rings (SSSR count). The predicted octanol–water partition coefficient (Wildman–Crippen LogP) is 1.64. The third-order valence-electron chi connectivity index (χ3n) is 4.99. The van der Waals surface area contributed by atoms with Gasteiger partial charge in [0.2, 0.25) is 5.91 Å². The first-order valence-electron chi connectivity index (χ1n) is 8.64. The summed E-state index contributed by atoms with van der Waals surface area (Å²) >= 11 is 0. The van der Waals surface area contributed by atoms with Crippen LogP contribution in [-0.4, -0.2) is 45.7 Å². The van der Waals surface area contributed by atoms with Gasteiger partial charge in [-0.25, -0.2) is 0 Å². The van der Waals surface area contributed by atoms with Gasteiger partial charge >= 0.3 is 0 Å². The summed E-state index contributed by atoms with van der Waals surface area (Å²) in [5, 5.41) is 6.47. The van der Waals surface area contributed by atoms with Crippen LogP contribution in [0.3, 0.4) is 0 Å². The molecular weight excluding hydrogens is 290 g/mol. The molecule has 1 unspecified atom stereocenters. The molecule has 126 valence electrons. The number of nitrogens with one attached hydrogen (secondary N) is 2. The van der Waals surface area contributed by atoms with Gasteiger partial charge in [0.25, 0.3) is 0 Å². The number of para-hydroxylation sites is 2. The first-order chi connectivity index (χ1) is 11.3. The Balaban J connectivity index is 1.49. The highest BCUT2D eigenvalue weighted by atomic mass is 16.5. The van der Waals surface area contributed by atoms with Crippen molar-refractivity contribution in [2.75, 3.05) is 44.7 Å². The number of nitrogens with zero attached hydrogens (tertiary/aromatic N) is 1. The van der Waals surface area contributed by atoms with E-state index in [9.17, 15) is 4.79 Å². The standard InChI is InChI=1S/C18H27N3O2/c1-23-17-5-3-2-4-16(17)21-11-8-14(13-21)12-20-18(22)15-6-9-19-10-7-15/h2-5,14-15,19H,6-13H2,1H3,(H,20,22). The number of ether oxygens (including phenoxy) is 1. The molecule has 2 fully saturated rings. The number of methoxy groups -OCH3 is 1. The molecule has 2 N–H and O–H groups in total. The molecule has 2 aliphatic rings. The van der Waals surface area contributed by atoms with Crippen molar-refractivity contribution in [2.24, 2.45) is 11.8 Å². The first-order valence-corrected chi connectivity index (χ1v) is 8.64. The average molecular weight is 317 g/mol. The van der Waals surface area contributed by atoms with Crippen LogP contribution in [0.4, 0.5) is 5.69 Å². The summed E-state index contributed by atoms with van der Waals surface area (Å²) in [5.41, 5.74) is 1.15. The smallest absolute Gasteiger partial charge is 0.223 e. The van der Waals surface area contributed by atoms with E-state index in [1.807, 2.05) is 18.2 Å². The topological polar surface area (TPSA) is 53.6 Å². The van der Waals surface area contributed by atoms with E-state index in [0.717, 1.165) is 63.4 Å². The van der Waals surface area contributed by atoms with Crippen LogP contribution in [0.5, 0.6) is 5.75 Å². The summed E-state index contributed by atoms with van der Waals surface area (Å²) in [6, 6.07) is 8.15. The largest absolute Gasteiger partial charge is 0.495 e. The quantitative estimate of drug-likeness (QED) is 0.867. The van der Waals surface area contributed by atoms with Crippen molar-refractivity contribution in [2.45, 2.75) is 19.3 Å². The summed E-state index contributed by atoms with van der Waals surface area (Å²) in [5.74, 6) is 1.88. The summed E-state index contributed by atoms with van der Waals surface area (Å²) in [7, 11) is 1.71. The van der Waals surface area contributed by atoms with Crippen molar-refractivity contribution in [3.63, 3.8) is 0 Å². The Kier molecular flexibility index (Phi) is 5.39. The van der Waals surface area contributed by atoms with E-state index >= 15 is 0 Å². The fourth-order valence-corrected chi connectivity index (χ4v) is 3.58. The van der Waals surface area contributed by atoms with Crippen molar-refractivity contribution >= 4 is 11.6 Å². The maximum absolute atomic E-state index is 12.2. The lowest BCUT2D eigenvalue weighted by Gasteiger charge is -2.23. The molecule has 5 nitrogen and oxygen atoms in total. The molecule has 0 saturated carbocycles. The number of benzene rings is 1. The highest BCUT2D eigenvalue weighted by Gasteiger charge is 2.26. The van der Waals surface area contributed by atoms with E-state index in [4.69, 9.17) is 4.74 Å². The normalized spacial score (nSPS) is 22.1. The highest BCUT2D eigenvalue weighted by molar-refractivity contribution is 5.78. The lowest BCUT2D eigenvalue weighted by molar-refractivity contribution is -0.125. The molecule has 23 heavy (non-hydrogen) atoms. The minimum atomic E-state index is 0.197. The number of piperidine rings is 1. The molecule has 0 spiro atoms. The number of hydrogen-bond acceptors (Lipinski definition) is 4. The molecule has 2 heterocycles.